The van der Waals surface area contributed by atoms with Crippen LogP contribution in [0.25, 0.3) is 10.9 Å². The summed E-state index contributed by atoms with van der Waals surface area (Å²) in [6.45, 7) is 0. The van der Waals surface area contributed by atoms with Gasteiger partial charge in [-0.05, 0) is 12.1 Å². The molecule has 1 heterocycles. The molecule has 2 rings (SSSR count). The van der Waals surface area contributed by atoms with Crippen molar-refractivity contribution in [2.45, 2.75) is 0 Å². The number of hydrogen-bond acceptors (Lipinski definition) is 4. The molecule has 86 valence electrons. The van der Waals surface area contributed by atoms with Crippen LogP contribution in [0.4, 0.5) is 4.79 Å². The average Bonchev–Trinajstić information content (AvgIpc) is 2.30. The van der Waals surface area contributed by atoms with Crippen molar-refractivity contribution >= 4 is 23.1 Å². The van der Waals surface area contributed by atoms with Crippen molar-refractivity contribution in [3.05, 3.63) is 36.0 Å². The number of phenols is 1. The van der Waals surface area contributed by atoms with Crippen LogP contribution in [-0.2, 0) is 0 Å². The summed E-state index contributed by atoms with van der Waals surface area (Å²) in [5.41, 5.74) is 7.90. The Balaban J connectivity index is 2.34. The van der Waals surface area contributed by atoms with Crippen molar-refractivity contribution in [1.29, 1.82) is 0 Å². The standard InChI is InChI=1S/C11H10N4O2/c12-11(17)15-13-6-8-5-4-7-2-1-3-9(16)10(7)14-8/h1-6,16H,(H3,12,15,17). The summed E-state index contributed by atoms with van der Waals surface area (Å²) in [4.78, 5) is 14.6. The van der Waals surface area contributed by atoms with E-state index in [0.29, 0.717) is 11.2 Å². The first-order valence-corrected chi connectivity index (χ1v) is 4.84. The van der Waals surface area contributed by atoms with E-state index in [9.17, 15) is 9.90 Å². The molecule has 1 aromatic carbocycles. The van der Waals surface area contributed by atoms with Crippen molar-refractivity contribution in [3.8, 4) is 5.75 Å². The number of pyridine rings is 1. The number of hydrazone groups is 1. The molecule has 0 aliphatic carbocycles. The lowest BCUT2D eigenvalue weighted by molar-refractivity contribution is 0.249. The number of para-hydroxylation sites is 1. The molecule has 4 N–H and O–H groups in total. The predicted molar refractivity (Wildman–Crippen MR) is 63.7 cm³/mol. The normalized spacial score (nSPS) is 10.8. The number of urea groups is 1. The number of carbonyl (C=O) groups excluding carboxylic acids is 1. The minimum absolute atomic E-state index is 0.0978. The second kappa shape index (κ2) is 4.48. The van der Waals surface area contributed by atoms with Gasteiger partial charge in [-0.2, -0.15) is 5.10 Å². The Labute approximate surface area is 96.8 Å². The van der Waals surface area contributed by atoms with Crippen molar-refractivity contribution in [2.24, 2.45) is 10.8 Å². The summed E-state index contributed by atoms with van der Waals surface area (Å²) in [6.07, 6.45) is 1.34. The molecule has 0 bridgehead atoms. The number of phenolic OH excluding ortho intramolecular Hbond substituents is 1. The third kappa shape index (κ3) is 2.49. The summed E-state index contributed by atoms with van der Waals surface area (Å²) >= 11 is 0. The van der Waals surface area contributed by atoms with Crippen LogP contribution in [0.1, 0.15) is 5.69 Å². The number of rotatable bonds is 2. The van der Waals surface area contributed by atoms with E-state index in [4.69, 9.17) is 5.73 Å². The van der Waals surface area contributed by atoms with Crippen LogP contribution in [0.2, 0.25) is 0 Å². The second-order valence-electron chi connectivity index (χ2n) is 3.32. The topological polar surface area (TPSA) is 101 Å². The van der Waals surface area contributed by atoms with Crippen LogP contribution in [0.15, 0.2) is 35.4 Å². The monoisotopic (exact) mass is 230 g/mol. The van der Waals surface area contributed by atoms with Crippen LogP contribution < -0.4 is 11.2 Å². The lowest BCUT2D eigenvalue weighted by Gasteiger charge is -2.00. The third-order valence-corrected chi connectivity index (χ3v) is 2.09. The summed E-state index contributed by atoms with van der Waals surface area (Å²) < 4.78 is 0. The highest BCUT2D eigenvalue weighted by Gasteiger charge is 2.01. The number of nitrogens with two attached hydrogens (primary N) is 1. The number of nitrogens with zero attached hydrogens (tertiary/aromatic N) is 2. The lowest BCUT2D eigenvalue weighted by Crippen LogP contribution is -2.24. The summed E-state index contributed by atoms with van der Waals surface area (Å²) in [6, 6.07) is 7.90. The van der Waals surface area contributed by atoms with Crippen molar-refractivity contribution in [2.75, 3.05) is 0 Å². The quantitative estimate of drug-likeness (QED) is 0.528. The largest absolute Gasteiger partial charge is 0.506 e. The van der Waals surface area contributed by atoms with Crippen molar-refractivity contribution in [3.63, 3.8) is 0 Å². The first kappa shape index (κ1) is 10.9. The highest BCUT2D eigenvalue weighted by atomic mass is 16.3. The van der Waals surface area contributed by atoms with Gasteiger partial charge in [0.05, 0.1) is 11.9 Å². The molecule has 0 saturated heterocycles. The maximum Gasteiger partial charge on any atom is 0.332 e. The number of hydrogen-bond donors (Lipinski definition) is 3. The number of amides is 2. The van der Waals surface area contributed by atoms with Gasteiger partial charge in [0, 0.05) is 5.39 Å². The first-order chi connectivity index (χ1) is 8.16. The smallest absolute Gasteiger partial charge is 0.332 e. The van der Waals surface area contributed by atoms with Crippen LogP contribution in [0.5, 0.6) is 5.75 Å². The van der Waals surface area contributed by atoms with E-state index in [2.05, 4.69) is 15.5 Å². The van der Waals surface area contributed by atoms with E-state index in [1.165, 1.54) is 6.21 Å². The molecular weight excluding hydrogens is 220 g/mol. The van der Waals surface area contributed by atoms with Gasteiger partial charge in [0.15, 0.2) is 0 Å². The Bertz CT molecular complexity index is 595. The van der Waals surface area contributed by atoms with Gasteiger partial charge in [-0.15, -0.1) is 0 Å². The zero-order valence-electron chi connectivity index (χ0n) is 8.79. The van der Waals surface area contributed by atoms with E-state index in [-0.39, 0.29) is 5.75 Å². The van der Waals surface area contributed by atoms with Gasteiger partial charge >= 0.3 is 6.03 Å². The number of fused-ring (bicyclic) bond motifs is 1. The Morgan fingerprint density at radius 1 is 1.41 bits per heavy atom. The predicted octanol–water partition coefficient (Wildman–Crippen LogP) is 0.943. The summed E-state index contributed by atoms with van der Waals surface area (Å²) in [7, 11) is 0. The van der Waals surface area contributed by atoms with Gasteiger partial charge < -0.3 is 10.8 Å². The zero-order chi connectivity index (χ0) is 12.3. The van der Waals surface area contributed by atoms with Gasteiger partial charge in [-0.1, -0.05) is 18.2 Å². The fourth-order valence-electron chi connectivity index (χ4n) is 1.38. The number of primary amides is 1. The molecule has 2 amide bonds. The van der Waals surface area contributed by atoms with Crippen LogP contribution in [0.3, 0.4) is 0 Å². The van der Waals surface area contributed by atoms with E-state index in [0.717, 1.165) is 5.39 Å². The Hall–Kier alpha value is -2.63. The molecule has 0 fully saturated rings. The van der Waals surface area contributed by atoms with Crippen molar-refractivity contribution in [1.82, 2.24) is 10.4 Å². The van der Waals surface area contributed by atoms with E-state index >= 15 is 0 Å². The zero-order valence-corrected chi connectivity index (χ0v) is 8.79. The molecule has 0 unspecified atom stereocenters. The molecule has 0 saturated carbocycles. The molecule has 0 aliphatic heterocycles. The minimum Gasteiger partial charge on any atom is -0.506 e. The number of nitrogens with one attached hydrogen (secondary N) is 1. The maximum atomic E-state index is 10.4. The highest BCUT2D eigenvalue weighted by Crippen LogP contribution is 2.21. The summed E-state index contributed by atoms with van der Waals surface area (Å²) in [5, 5.41) is 14.0. The molecule has 0 radical (unpaired) electrons. The van der Waals surface area contributed by atoms with Gasteiger partial charge in [-0.3, -0.25) is 0 Å². The van der Waals surface area contributed by atoms with E-state index in [1.807, 2.05) is 6.07 Å². The Morgan fingerprint density at radius 2 is 2.24 bits per heavy atom. The molecule has 0 spiro atoms. The average molecular weight is 230 g/mol. The van der Waals surface area contributed by atoms with Crippen LogP contribution in [0, 0.1) is 0 Å². The first-order valence-electron chi connectivity index (χ1n) is 4.84. The second-order valence-corrected chi connectivity index (χ2v) is 3.32. The van der Waals surface area contributed by atoms with Gasteiger partial charge in [-0.25, -0.2) is 15.2 Å². The molecule has 17 heavy (non-hydrogen) atoms. The Morgan fingerprint density at radius 3 is 3.00 bits per heavy atom. The third-order valence-electron chi connectivity index (χ3n) is 2.09. The fraction of sp³-hybridized carbons (Fsp3) is 0. The van der Waals surface area contributed by atoms with Gasteiger partial charge in [0.25, 0.3) is 0 Å². The number of benzene rings is 1. The van der Waals surface area contributed by atoms with E-state index in [1.54, 1.807) is 24.3 Å². The number of aromatic nitrogens is 1. The molecule has 2 aromatic rings. The lowest BCUT2D eigenvalue weighted by atomic mass is 10.2. The fourth-order valence-corrected chi connectivity index (χ4v) is 1.38. The minimum atomic E-state index is -0.745. The molecule has 1 aromatic heterocycles. The molecular formula is C11H10N4O2. The highest BCUT2D eigenvalue weighted by molar-refractivity contribution is 5.88. The molecule has 0 aliphatic rings. The number of aromatic hydroxyl groups is 1. The van der Waals surface area contributed by atoms with Crippen molar-refractivity contribution < 1.29 is 9.90 Å². The number of carbonyl (C=O) groups is 1. The molecule has 6 heteroatoms. The van der Waals surface area contributed by atoms with Gasteiger partial charge in [0.1, 0.15) is 11.3 Å². The maximum absolute atomic E-state index is 10.4. The summed E-state index contributed by atoms with van der Waals surface area (Å²) in [5.74, 6) is 0.0978. The van der Waals surface area contributed by atoms with Crippen LogP contribution >= 0.6 is 0 Å². The molecule has 6 nitrogen and oxygen atoms in total. The van der Waals surface area contributed by atoms with E-state index < -0.39 is 6.03 Å². The van der Waals surface area contributed by atoms with Crippen LogP contribution in [-0.4, -0.2) is 22.3 Å². The molecule has 0 atom stereocenters. The van der Waals surface area contributed by atoms with Gasteiger partial charge in [0.2, 0.25) is 0 Å². The Kier molecular flexibility index (Phi) is 2.87. The SMILES string of the molecule is NC(=O)NN=Cc1ccc2cccc(O)c2n1.